The Morgan fingerprint density at radius 2 is 2.06 bits per heavy atom. The van der Waals surface area contributed by atoms with Crippen LogP contribution in [-0.4, -0.2) is 49.7 Å². The van der Waals surface area contributed by atoms with E-state index in [4.69, 9.17) is 0 Å². The predicted molar refractivity (Wildman–Crippen MR) is 68.0 cm³/mol. The first kappa shape index (κ1) is 13.0. The van der Waals surface area contributed by atoms with E-state index in [0.29, 0.717) is 6.54 Å². The highest BCUT2D eigenvalue weighted by atomic mass is 19.1. The Hall–Kier alpha value is -1.43. The van der Waals surface area contributed by atoms with Crippen molar-refractivity contribution < 1.29 is 8.78 Å². The molecule has 100 valence electrons. The van der Waals surface area contributed by atoms with Gasteiger partial charge in [0.1, 0.15) is 0 Å². The second kappa shape index (κ2) is 5.06. The Morgan fingerprint density at radius 3 is 2.67 bits per heavy atom. The van der Waals surface area contributed by atoms with Gasteiger partial charge in [-0.3, -0.25) is 0 Å². The molecule has 1 unspecified atom stereocenters. The van der Waals surface area contributed by atoms with Crippen molar-refractivity contribution >= 4 is 11.6 Å². The lowest BCUT2D eigenvalue weighted by Gasteiger charge is -2.39. The van der Waals surface area contributed by atoms with Crippen molar-refractivity contribution in [3.05, 3.63) is 17.7 Å². The van der Waals surface area contributed by atoms with Crippen LogP contribution in [0.3, 0.4) is 0 Å². The number of aromatic nitrogens is 1. The van der Waals surface area contributed by atoms with Crippen LogP contribution in [-0.2, 0) is 0 Å². The fourth-order valence-corrected chi connectivity index (χ4v) is 2.29. The van der Waals surface area contributed by atoms with Crippen molar-refractivity contribution in [1.29, 1.82) is 0 Å². The van der Waals surface area contributed by atoms with E-state index in [9.17, 15) is 8.78 Å². The van der Waals surface area contributed by atoms with Crippen LogP contribution in [0.4, 0.5) is 20.4 Å². The highest BCUT2D eigenvalue weighted by Gasteiger charge is 2.26. The number of nitrogens with zero attached hydrogens (tertiary/aromatic N) is 3. The summed E-state index contributed by atoms with van der Waals surface area (Å²) in [6.07, 6.45) is 0. The third-order valence-electron chi connectivity index (χ3n) is 3.25. The fraction of sp³-hybridized carbons (Fsp3) is 0.583. The minimum absolute atomic E-state index is 0.0810. The van der Waals surface area contributed by atoms with Gasteiger partial charge in [0.15, 0.2) is 23.3 Å². The Bertz CT molecular complexity index is 438. The number of halogens is 2. The molecule has 1 saturated heterocycles. The zero-order chi connectivity index (χ0) is 13.3. The molecule has 6 heteroatoms. The number of anilines is 2. The minimum Gasteiger partial charge on any atom is -0.371 e. The highest BCUT2D eigenvalue weighted by Crippen LogP contribution is 2.25. The third kappa shape index (κ3) is 2.38. The first-order valence-corrected chi connectivity index (χ1v) is 6.02. The maximum atomic E-state index is 13.8. The van der Waals surface area contributed by atoms with Gasteiger partial charge in [-0.15, -0.1) is 0 Å². The third-order valence-corrected chi connectivity index (χ3v) is 3.25. The van der Waals surface area contributed by atoms with E-state index in [-0.39, 0.29) is 17.7 Å². The first-order valence-electron chi connectivity index (χ1n) is 6.02. The summed E-state index contributed by atoms with van der Waals surface area (Å²) in [6, 6.07) is 1.04. The van der Waals surface area contributed by atoms with E-state index in [1.165, 1.54) is 0 Å². The summed E-state index contributed by atoms with van der Waals surface area (Å²) in [5.74, 6) is -0.970. The van der Waals surface area contributed by atoms with E-state index in [2.05, 4.69) is 15.2 Å². The van der Waals surface area contributed by atoms with Crippen LogP contribution in [0.2, 0.25) is 0 Å². The summed E-state index contributed by atoms with van der Waals surface area (Å²) in [4.78, 5) is 8.10. The predicted octanol–water partition coefficient (Wildman–Crippen LogP) is 1.54. The molecule has 4 nitrogen and oxygen atoms in total. The topological polar surface area (TPSA) is 31.4 Å². The monoisotopic (exact) mass is 256 g/mol. The first-order chi connectivity index (χ1) is 8.52. The van der Waals surface area contributed by atoms with Crippen molar-refractivity contribution in [2.24, 2.45) is 0 Å². The molecule has 0 radical (unpaired) electrons. The Kier molecular flexibility index (Phi) is 3.65. The molecule has 0 aliphatic carbocycles. The lowest BCUT2D eigenvalue weighted by atomic mass is 10.2. The molecule has 1 aliphatic heterocycles. The number of hydrogen-bond acceptors (Lipinski definition) is 4. The zero-order valence-corrected chi connectivity index (χ0v) is 10.9. The standard InChI is InChI=1S/C12H18F2N4/c1-8-7-17(3)4-5-18(8)12-10(14)6-9(13)11(15-2)16-12/h6,8H,4-5,7H2,1-3H3,(H,15,16). The molecule has 1 atom stereocenters. The van der Waals surface area contributed by atoms with Crippen molar-refractivity contribution in [2.45, 2.75) is 13.0 Å². The Balaban J connectivity index is 2.32. The Morgan fingerprint density at radius 1 is 1.33 bits per heavy atom. The average Bonchev–Trinajstić information content (AvgIpc) is 2.30. The van der Waals surface area contributed by atoms with E-state index >= 15 is 0 Å². The van der Waals surface area contributed by atoms with Gasteiger partial charge in [-0.25, -0.2) is 13.8 Å². The van der Waals surface area contributed by atoms with Crippen LogP contribution in [0.25, 0.3) is 0 Å². The van der Waals surface area contributed by atoms with Gasteiger partial charge in [0.05, 0.1) is 0 Å². The van der Waals surface area contributed by atoms with Crippen LogP contribution >= 0.6 is 0 Å². The number of piperazine rings is 1. The van der Waals surface area contributed by atoms with Gasteiger partial charge in [-0.2, -0.15) is 0 Å². The van der Waals surface area contributed by atoms with Crippen molar-refractivity contribution in [3.8, 4) is 0 Å². The van der Waals surface area contributed by atoms with Gasteiger partial charge >= 0.3 is 0 Å². The van der Waals surface area contributed by atoms with E-state index in [1.807, 2.05) is 18.9 Å². The molecule has 0 saturated carbocycles. The van der Waals surface area contributed by atoms with Crippen LogP contribution in [0.1, 0.15) is 6.92 Å². The van der Waals surface area contributed by atoms with E-state index < -0.39 is 11.6 Å². The zero-order valence-electron chi connectivity index (χ0n) is 10.9. The second-order valence-corrected chi connectivity index (χ2v) is 4.68. The summed E-state index contributed by atoms with van der Waals surface area (Å²) in [6.45, 7) is 4.39. The molecule has 0 aromatic carbocycles. The van der Waals surface area contributed by atoms with Crippen LogP contribution in [0.15, 0.2) is 6.07 Å². The summed E-state index contributed by atoms with van der Waals surface area (Å²) in [5.41, 5.74) is 0. The summed E-state index contributed by atoms with van der Waals surface area (Å²) >= 11 is 0. The lowest BCUT2D eigenvalue weighted by Crippen LogP contribution is -2.51. The molecular formula is C12H18F2N4. The SMILES string of the molecule is CNc1nc(N2CCN(C)CC2C)c(F)cc1F. The van der Waals surface area contributed by atoms with E-state index in [1.54, 1.807) is 7.05 Å². The number of pyridine rings is 1. The Labute approximate surface area is 106 Å². The normalized spacial score (nSPS) is 21.2. The van der Waals surface area contributed by atoms with Crippen LogP contribution in [0.5, 0.6) is 0 Å². The maximum absolute atomic E-state index is 13.8. The lowest BCUT2D eigenvalue weighted by molar-refractivity contribution is 0.273. The molecule has 2 heterocycles. The van der Waals surface area contributed by atoms with Crippen molar-refractivity contribution in [3.63, 3.8) is 0 Å². The molecule has 1 aliphatic rings. The fourth-order valence-electron chi connectivity index (χ4n) is 2.29. The summed E-state index contributed by atoms with van der Waals surface area (Å²) < 4.78 is 27.2. The van der Waals surface area contributed by atoms with Crippen molar-refractivity contribution in [1.82, 2.24) is 9.88 Å². The van der Waals surface area contributed by atoms with Crippen LogP contribution < -0.4 is 10.2 Å². The van der Waals surface area contributed by atoms with Gasteiger partial charge in [-0.05, 0) is 14.0 Å². The van der Waals surface area contributed by atoms with Gasteiger partial charge in [-0.1, -0.05) is 0 Å². The smallest absolute Gasteiger partial charge is 0.168 e. The molecule has 1 N–H and O–H groups in total. The number of nitrogens with one attached hydrogen (secondary N) is 1. The average molecular weight is 256 g/mol. The minimum atomic E-state index is -0.666. The van der Waals surface area contributed by atoms with Crippen LogP contribution in [0, 0.1) is 11.6 Å². The molecule has 1 aromatic heterocycles. The molecule has 0 bridgehead atoms. The molecule has 2 rings (SSSR count). The van der Waals surface area contributed by atoms with Crippen molar-refractivity contribution in [2.75, 3.05) is 43.9 Å². The number of rotatable bonds is 2. The van der Waals surface area contributed by atoms with Gasteiger partial charge in [0.25, 0.3) is 0 Å². The van der Waals surface area contributed by atoms with Gasteiger partial charge < -0.3 is 15.1 Å². The quantitative estimate of drug-likeness (QED) is 0.870. The number of likely N-dealkylation sites (N-methyl/N-ethyl adjacent to an activating group) is 1. The van der Waals surface area contributed by atoms with E-state index in [0.717, 1.165) is 19.2 Å². The summed E-state index contributed by atoms with van der Waals surface area (Å²) in [7, 11) is 3.60. The summed E-state index contributed by atoms with van der Waals surface area (Å²) in [5, 5.41) is 2.64. The molecule has 0 amide bonds. The molecule has 18 heavy (non-hydrogen) atoms. The van der Waals surface area contributed by atoms with Gasteiger partial charge in [0.2, 0.25) is 0 Å². The second-order valence-electron chi connectivity index (χ2n) is 4.68. The molecular weight excluding hydrogens is 238 g/mol. The van der Waals surface area contributed by atoms with Gasteiger partial charge in [0, 0.05) is 38.8 Å². The largest absolute Gasteiger partial charge is 0.371 e. The highest BCUT2D eigenvalue weighted by molar-refractivity contribution is 5.50. The molecule has 0 spiro atoms. The maximum Gasteiger partial charge on any atom is 0.168 e. The number of hydrogen-bond donors (Lipinski definition) is 1. The molecule has 1 aromatic rings. The molecule has 1 fully saturated rings.